The van der Waals surface area contributed by atoms with Crippen molar-refractivity contribution in [2.45, 2.75) is 13.0 Å². The molecule has 0 radical (unpaired) electrons. The number of methoxy groups -OCH3 is 1. The number of ether oxygens (including phenoxy) is 1. The van der Waals surface area contributed by atoms with E-state index in [4.69, 9.17) is 4.74 Å². The molecule has 2 nitrogen and oxygen atoms in total. The third-order valence-electron chi connectivity index (χ3n) is 3.13. The summed E-state index contributed by atoms with van der Waals surface area (Å²) in [5.41, 5.74) is 1.35. The number of halogens is 3. The Hall–Kier alpha value is -1.46. The SMILES string of the molecule is CCNC(c1cc(F)cc(F)c1)c1ccc(Br)cc1OC. The van der Waals surface area contributed by atoms with Crippen LogP contribution in [0.3, 0.4) is 0 Å². The third kappa shape index (κ3) is 3.80. The van der Waals surface area contributed by atoms with Gasteiger partial charge in [0.1, 0.15) is 17.4 Å². The van der Waals surface area contributed by atoms with E-state index in [2.05, 4.69) is 21.2 Å². The van der Waals surface area contributed by atoms with Crippen molar-refractivity contribution in [3.05, 3.63) is 63.6 Å². The van der Waals surface area contributed by atoms with Crippen molar-refractivity contribution in [2.75, 3.05) is 13.7 Å². The summed E-state index contributed by atoms with van der Waals surface area (Å²) in [6.45, 7) is 2.59. The highest BCUT2D eigenvalue weighted by Crippen LogP contribution is 2.32. The minimum atomic E-state index is -0.594. The molecule has 2 aromatic rings. The number of nitrogens with one attached hydrogen (secondary N) is 1. The summed E-state index contributed by atoms with van der Waals surface area (Å²) in [7, 11) is 1.57. The van der Waals surface area contributed by atoms with Crippen LogP contribution in [0, 0.1) is 11.6 Å². The van der Waals surface area contributed by atoms with E-state index in [-0.39, 0.29) is 6.04 Å². The molecule has 0 bridgehead atoms. The maximum atomic E-state index is 13.5. The molecule has 21 heavy (non-hydrogen) atoms. The molecule has 0 saturated heterocycles. The first-order valence-corrected chi connectivity index (χ1v) is 7.37. The zero-order valence-corrected chi connectivity index (χ0v) is 13.4. The Morgan fingerprint density at radius 2 is 1.81 bits per heavy atom. The van der Waals surface area contributed by atoms with Gasteiger partial charge in [0.15, 0.2) is 0 Å². The van der Waals surface area contributed by atoms with Gasteiger partial charge in [-0.1, -0.05) is 28.9 Å². The monoisotopic (exact) mass is 355 g/mol. The van der Waals surface area contributed by atoms with E-state index < -0.39 is 11.6 Å². The lowest BCUT2D eigenvalue weighted by Crippen LogP contribution is -2.22. The maximum absolute atomic E-state index is 13.5. The summed E-state index contributed by atoms with van der Waals surface area (Å²) in [6, 6.07) is 8.76. The number of benzene rings is 2. The van der Waals surface area contributed by atoms with Gasteiger partial charge in [-0.2, -0.15) is 0 Å². The van der Waals surface area contributed by atoms with Gasteiger partial charge in [0.25, 0.3) is 0 Å². The zero-order valence-electron chi connectivity index (χ0n) is 11.8. The average Bonchev–Trinajstić information content (AvgIpc) is 2.44. The third-order valence-corrected chi connectivity index (χ3v) is 3.63. The van der Waals surface area contributed by atoms with Crippen LogP contribution in [0.25, 0.3) is 0 Å². The van der Waals surface area contributed by atoms with Gasteiger partial charge in [-0.15, -0.1) is 0 Å². The standard InChI is InChI=1S/C16H16BrF2NO/c1-3-20-16(10-6-12(18)9-13(19)7-10)14-5-4-11(17)8-15(14)21-2/h4-9,16,20H,3H2,1-2H3. The molecule has 2 aromatic carbocycles. The van der Waals surface area contributed by atoms with Crippen molar-refractivity contribution in [3.63, 3.8) is 0 Å². The highest BCUT2D eigenvalue weighted by molar-refractivity contribution is 9.10. The van der Waals surface area contributed by atoms with Gasteiger partial charge in [-0.05, 0) is 36.4 Å². The van der Waals surface area contributed by atoms with Crippen LogP contribution in [0.5, 0.6) is 5.75 Å². The van der Waals surface area contributed by atoms with E-state index in [1.807, 2.05) is 25.1 Å². The zero-order chi connectivity index (χ0) is 15.4. The average molecular weight is 356 g/mol. The lowest BCUT2D eigenvalue weighted by Gasteiger charge is -2.21. The summed E-state index contributed by atoms with van der Waals surface area (Å²) in [6.07, 6.45) is 0. The first-order chi connectivity index (χ1) is 10.0. The van der Waals surface area contributed by atoms with Crippen LogP contribution in [0.2, 0.25) is 0 Å². The molecule has 0 spiro atoms. The minimum Gasteiger partial charge on any atom is -0.496 e. The van der Waals surface area contributed by atoms with Crippen LogP contribution in [-0.2, 0) is 0 Å². The topological polar surface area (TPSA) is 21.3 Å². The van der Waals surface area contributed by atoms with Crippen molar-refractivity contribution in [1.82, 2.24) is 5.32 Å². The van der Waals surface area contributed by atoms with Crippen LogP contribution in [0.15, 0.2) is 40.9 Å². The van der Waals surface area contributed by atoms with Gasteiger partial charge >= 0.3 is 0 Å². The predicted molar refractivity (Wildman–Crippen MR) is 82.6 cm³/mol. The van der Waals surface area contributed by atoms with Gasteiger partial charge < -0.3 is 10.1 Å². The van der Waals surface area contributed by atoms with Gasteiger partial charge in [-0.3, -0.25) is 0 Å². The first-order valence-electron chi connectivity index (χ1n) is 6.58. The molecule has 0 aliphatic heterocycles. The minimum absolute atomic E-state index is 0.344. The molecule has 0 saturated carbocycles. The Kier molecular flexibility index (Phi) is 5.31. The van der Waals surface area contributed by atoms with Crippen molar-refractivity contribution in [3.8, 4) is 5.75 Å². The van der Waals surface area contributed by atoms with E-state index in [0.717, 1.165) is 16.1 Å². The molecular weight excluding hydrogens is 340 g/mol. The second-order valence-electron chi connectivity index (χ2n) is 4.58. The van der Waals surface area contributed by atoms with E-state index >= 15 is 0 Å². The molecule has 0 heterocycles. The molecule has 112 valence electrons. The van der Waals surface area contributed by atoms with Crippen LogP contribution < -0.4 is 10.1 Å². The summed E-state index contributed by atoms with van der Waals surface area (Å²) in [5, 5.41) is 3.24. The summed E-state index contributed by atoms with van der Waals surface area (Å²) in [4.78, 5) is 0. The van der Waals surface area contributed by atoms with Crippen molar-refractivity contribution < 1.29 is 13.5 Å². The van der Waals surface area contributed by atoms with E-state index in [1.54, 1.807) is 7.11 Å². The van der Waals surface area contributed by atoms with Gasteiger partial charge in [-0.25, -0.2) is 8.78 Å². The largest absolute Gasteiger partial charge is 0.496 e. The molecule has 1 unspecified atom stereocenters. The Morgan fingerprint density at radius 1 is 1.14 bits per heavy atom. The number of hydrogen-bond donors (Lipinski definition) is 1. The Morgan fingerprint density at radius 3 is 2.38 bits per heavy atom. The second-order valence-corrected chi connectivity index (χ2v) is 5.50. The van der Waals surface area contributed by atoms with Gasteiger partial charge in [0.05, 0.1) is 13.2 Å². The molecular formula is C16H16BrF2NO. The summed E-state index contributed by atoms with van der Waals surface area (Å²) < 4.78 is 33.2. The highest BCUT2D eigenvalue weighted by atomic mass is 79.9. The van der Waals surface area contributed by atoms with Gasteiger partial charge in [0, 0.05) is 16.1 Å². The number of rotatable bonds is 5. The van der Waals surface area contributed by atoms with Crippen LogP contribution in [0.4, 0.5) is 8.78 Å². The molecule has 2 rings (SSSR count). The van der Waals surface area contributed by atoms with Crippen LogP contribution in [-0.4, -0.2) is 13.7 Å². The van der Waals surface area contributed by atoms with Crippen LogP contribution >= 0.6 is 15.9 Å². The maximum Gasteiger partial charge on any atom is 0.126 e. The quantitative estimate of drug-likeness (QED) is 0.856. The second kappa shape index (κ2) is 7.00. The van der Waals surface area contributed by atoms with Crippen molar-refractivity contribution >= 4 is 15.9 Å². The van der Waals surface area contributed by atoms with E-state index in [1.165, 1.54) is 12.1 Å². The molecule has 1 atom stereocenters. The molecule has 0 aliphatic rings. The van der Waals surface area contributed by atoms with E-state index in [9.17, 15) is 8.78 Å². The lowest BCUT2D eigenvalue weighted by molar-refractivity contribution is 0.404. The summed E-state index contributed by atoms with van der Waals surface area (Å²) in [5.74, 6) is -0.534. The van der Waals surface area contributed by atoms with Crippen molar-refractivity contribution in [2.24, 2.45) is 0 Å². The number of hydrogen-bond acceptors (Lipinski definition) is 2. The Bertz CT molecular complexity index is 613. The normalized spacial score (nSPS) is 12.2. The van der Waals surface area contributed by atoms with E-state index in [0.29, 0.717) is 17.9 Å². The fourth-order valence-corrected chi connectivity index (χ4v) is 2.62. The fourth-order valence-electron chi connectivity index (χ4n) is 2.28. The molecule has 0 amide bonds. The van der Waals surface area contributed by atoms with Gasteiger partial charge in [0.2, 0.25) is 0 Å². The highest BCUT2D eigenvalue weighted by Gasteiger charge is 2.19. The Labute approximate surface area is 131 Å². The molecule has 0 aromatic heterocycles. The van der Waals surface area contributed by atoms with Crippen LogP contribution in [0.1, 0.15) is 24.1 Å². The first kappa shape index (κ1) is 15.9. The molecule has 1 N–H and O–H groups in total. The lowest BCUT2D eigenvalue weighted by atomic mass is 9.97. The predicted octanol–water partition coefficient (Wildman–Crippen LogP) is 4.43. The Balaban J connectivity index is 2.52. The molecule has 5 heteroatoms. The summed E-state index contributed by atoms with van der Waals surface area (Å²) >= 11 is 3.38. The van der Waals surface area contributed by atoms with Crippen molar-refractivity contribution in [1.29, 1.82) is 0 Å². The fraction of sp³-hybridized carbons (Fsp3) is 0.250. The smallest absolute Gasteiger partial charge is 0.126 e. The molecule has 0 fully saturated rings. The molecule has 0 aliphatic carbocycles.